The Labute approximate surface area is 236 Å². The molecule has 212 valence electrons. The summed E-state index contributed by atoms with van der Waals surface area (Å²) in [5, 5.41) is 7.53. The number of nitrogens with one attached hydrogen (secondary N) is 1. The molecule has 1 amide bonds. The number of carbonyl (C=O) groups is 1. The third-order valence-electron chi connectivity index (χ3n) is 6.39. The summed E-state index contributed by atoms with van der Waals surface area (Å²) in [4.78, 5) is 16.4. The van der Waals surface area contributed by atoms with Crippen molar-refractivity contribution in [2.24, 2.45) is 0 Å². The highest BCUT2D eigenvalue weighted by Gasteiger charge is 2.38. The summed E-state index contributed by atoms with van der Waals surface area (Å²) >= 11 is 5.75. The predicted molar refractivity (Wildman–Crippen MR) is 153 cm³/mol. The van der Waals surface area contributed by atoms with Crippen LogP contribution in [0.1, 0.15) is 41.5 Å². The van der Waals surface area contributed by atoms with Crippen molar-refractivity contribution in [1.29, 1.82) is 0 Å². The molecule has 2 heterocycles. The first kappa shape index (κ1) is 30.6. The molecule has 0 saturated carbocycles. The van der Waals surface area contributed by atoms with Crippen LogP contribution in [0, 0.1) is 5.82 Å². The first-order chi connectivity index (χ1) is 18.0. The number of hydrogen-bond acceptors (Lipinski definition) is 6. The highest BCUT2D eigenvalue weighted by molar-refractivity contribution is 6.74. The van der Waals surface area contributed by atoms with E-state index in [9.17, 15) is 9.18 Å². The van der Waals surface area contributed by atoms with Gasteiger partial charge in [-0.05, 0) is 62.7 Å². The minimum Gasteiger partial charge on any atom is -0.442 e. The van der Waals surface area contributed by atoms with Gasteiger partial charge in [0, 0.05) is 23.5 Å². The Balaban J connectivity index is 1.71. The zero-order valence-corrected chi connectivity index (χ0v) is 25.6. The lowest BCUT2D eigenvalue weighted by atomic mass is 10.1. The quantitative estimate of drug-likeness (QED) is 0.266. The fraction of sp³-hybridized carbons (Fsp3) is 0.464. The summed E-state index contributed by atoms with van der Waals surface area (Å²) in [5.74, 6) is -0.360. The zero-order valence-electron chi connectivity index (χ0n) is 23.8. The van der Waals surface area contributed by atoms with Crippen LogP contribution < -0.4 is 10.1 Å². The van der Waals surface area contributed by atoms with Gasteiger partial charge in [-0.3, -0.25) is 4.68 Å². The van der Waals surface area contributed by atoms with Crippen molar-refractivity contribution in [3.8, 4) is 22.8 Å². The highest BCUT2D eigenvalue weighted by atomic mass is 35.5. The molecule has 0 fully saturated rings. The normalized spacial score (nSPS) is 13.2. The van der Waals surface area contributed by atoms with Gasteiger partial charge in [0.05, 0.1) is 24.4 Å². The summed E-state index contributed by atoms with van der Waals surface area (Å²) in [5.41, 5.74) is 1.32. The number of halogens is 2. The van der Waals surface area contributed by atoms with E-state index in [0.29, 0.717) is 12.3 Å². The molecule has 1 aromatic carbocycles. The molecule has 0 bridgehead atoms. The van der Waals surface area contributed by atoms with Crippen LogP contribution in [-0.2, 0) is 15.7 Å². The maximum Gasteiger partial charge on any atom is 0.407 e. The van der Waals surface area contributed by atoms with E-state index >= 15 is 0 Å². The number of carbonyl (C=O) groups excluding carboxylic acids is 1. The molecule has 11 heteroatoms. The number of amides is 1. The monoisotopic (exact) mass is 576 g/mol. The molecule has 0 aliphatic rings. The van der Waals surface area contributed by atoms with Crippen LogP contribution in [0.15, 0.2) is 48.9 Å². The number of hydrogen-bond donors (Lipinski definition) is 1. The molecule has 0 aliphatic heterocycles. The van der Waals surface area contributed by atoms with Crippen LogP contribution in [0.25, 0.3) is 11.1 Å². The van der Waals surface area contributed by atoms with E-state index in [-0.39, 0.29) is 22.5 Å². The number of nitrogens with zero attached hydrogens (tertiary/aromatic N) is 3. The number of ether oxygens (including phenoxy) is 2. The number of alkyl carbamates (subject to hydrolysis) is 1. The van der Waals surface area contributed by atoms with E-state index in [1.54, 1.807) is 23.0 Å². The minimum absolute atomic E-state index is 0.0232. The van der Waals surface area contributed by atoms with E-state index < -0.39 is 31.9 Å². The molecular formula is C28H38ClFN4O4Si. The molecular weight excluding hydrogens is 539 g/mol. The average Bonchev–Trinajstić information content (AvgIpc) is 3.26. The van der Waals surface area contributed by atoms with Crippen molar-refractivity contribution >= 4 is 26.0 Å². The van der Waals surface area contributed by atoms with Crippen molar-refractivity contribution < 1.29 is 23.1 Å². The Morgan fingerprint density at radius 2 is 1.77 bits per heavy atom. The third-order valence-corrected chi connectivity index (χ3v) is 11.1. The van der Waals surface area contributed by atoms with Gasteiger partial charge in [0.15, 0.2) is 14.1 Å². The standard InChI is InChI=1S/C28H38ClFN4O4Si/c1-27(2,3)33-26(35)38-23(18-36-39(7,8)28(4,5)6)17-34-16-20(14-32-34)19-9-11-22(12-10-19)37-25-24(30)13-21(29)15-31-25/h9-16,23H,17-18H2,1-8H3,(H,33,35)/t23-/m0/s1. The summed E-state index contributed by atoms with van der Waals surface area (Å²) in [7, 11) is -2.06. The van der Waals surface area contributed by atoms with Crippen molar-refractivity contribution in [2.45, 2.75) is 77.9 Å². The summed E-state index contributed by atoms with van der Waals surface area (Å²) in [6.45, 7) is 17.1. The Morgan fingerprint density at radius 3 is 2.36 bits per heavy atom. The topological polar surface area (TPSA) is 87.5 Å². The highest BCUT2D eigenvalue weighted by Crippen LogP contribution is 2.36. The zero-order chi connectivity index (χ0) is 29.0. The van der Waals surface area contributed by atoms with Gasteiger partial charge in [0.1, 0.15) is 11.9 Å². The van der Waals surface area contributed by atoms with Crippen molar-refractivity contribution in [3.05, 3.63) is 59.8 Å². The molecule has 0 unspecified atom stereocenters. The van der Waals surface area contributed by atoms with Crippen molar-refractivity contribution in [1.82, 2.24) is 20.1 Å². The van der Waals surface area contributed by atoms with Gasteiger partial charge in [-0.25, -0.2) is 14.2 Å². The summed E-state index contributed by atoms with van der Waals surface area (Å²) in [6.07, 6.45) is 3.90. The second-order valence-electron chi connectivity index (χ2n) is 12.0. The van der Waals surface area contributed by atoms with Gasteiger partial charge >= 0.3 is 6.09 Å². The van der Waals surface area contributed by atoms with E-state index in [4.69, 9.17) is 25.5 Å². The number of pyridine rings is 1. The number of aromatic nitrogens is 3. The van der Waals surface area contributed by atoms with E-state index in [0.717, 1.165) is 17.2 Å². The van der Waals surface area contributed by atoms with Crippen molar-refractivity contribution in [3.63, 3.8) is 0 Å². The molecule has 0 radical (unpaired) electrons. The Bertz CT molecular complexity index is 1270. The van der Waals surface area contributed by atoms with Gasteiger partial charge < -0.3 is 19.2 Å². The summed E-state index contributed by atoms with van der Waals surface area (Å²) in [6, 6.07) is 8.27. The van der Waals surface area contributed by atoms with E-state index in [1.165, 1.54) is 6.20 Å². The van der Waals surface area contributed by atoms with Gasteiger partial charge in [0.2, 0.25) is 0 Å². The number of rotatable bonds is 9. The molecule has 3 rings (SSSR count). The summed E-state index contributed by atoms with van der Waals surface area (Å²) < 4.78 is 33.4. The molecule has 0 saturated heterocycles. The first-order valence-corrected chi connectivity index (χ1v) is 16.1. The second kappa shape index (κ2) is 12.1. The molecule has 1 N–H and O–H groups in total. The molecule has 0 aliphatic carbocycles. The van der Waals surface area contributed by atoms with Gasteiger partial charge in [-0.15, -0.1) is 0 Å². The first-order valence-electron chi connectivity index (χ1n) is 12.8. The van der Waals surface area contributed by atoms with Crippen molar-refractivity contribution in [2.75, 3.05) is 6.61 Å². The van der Waals surface area contributed by atoms with Crippen LogP contribution >= 0.6 is 11.6 Å². The Kier molecular flexibility index (Phi) is 9.46. The van der Waals surface area contributed by atoms with Gasteiger partial charge in [-0.2, -0.15) is 5.10 Å². The lowest BCUT2D eigenvalue weighted by Crippen LogP contribution is -2.46. The van der Waals surface area contributed by atoms with E-state index in [2.05, 4.69) is 49.3 Å². The van der Waals surface area contributed by atoms with Crippen LogP contribution in [0.4, 0.5) is 9.18 Å². The fourth-order valence-corrected chi connectivity index (χ4v) is 4.43. The lowest BCUT2D eigenvalue weighted by molar-refractivity contribution is 0.0453. The molecule has 1 atom stereocenters. The number of benzene rings is 1. The predicted octanol–water partition coefficient (Wildman–Crippen LogP) is 7.45. The van der Waals surface area contributed by atoms with Gasteiger partial charge in [0.25, 0.3) is 5.88 Å². The van der Waals surface area contributed by atoms with Crippen LogP contribution in [0.3, 0.4) is 0 Å². The maximum absolute atomic E-state index is 14.0. The molecule has 2 aromatic heterocycles. The smallest absolute Gasteiger partial charge is 0.407 e. The maximum atomic E-state index is 14.0. The minimum atomic E-state index is -2.06. The SMILES string of the molecule is CC(C)(C)NC(=O)O[C@H](CO[Si](C)(C)C(C)(C)C)Cn1cc(-c2ccc(Oc3ncc(Cl)cc3F)cc2)cn1. The molecule has 39 heavy (non-hydrogen) atoms. The lowest BCUT2D eigenvalue weighted by Gasteiger charge is -2.37. The molecule has 8 nitrogen and oxygen atoms in total. The largest absolute Gasteiger partial charge is 0.442 e. The Morgan fingerprint density at radius 1 is 1.10 bits per heavy atom. The van der Waals surface area contributed by atoms with Crippen LogP contribution in [0.2, 0.25) is 23.2 Å². The third kappa shape index (κ3) is 9.05. The van der Waals surface area contributed by atoms with Crippen LogP contribution in [-0.4, -0.2) is 47.4 Å². The van der Waals surface area contributed by atoms with Gasteiger partial charge in [-0.1, -0.05) is 44.5 Å². The van der Waals surface area contributed by atoms with E-state index in [1.807, 2.05) is 39.1 Å². The Hall–Kier alpha value is -2.95. The fourth-order valence-electron chi connectivity index (χ4n) is 3.25. The average molecular weight is 577 g/mol. The second-order valence-corrected chi connectivity index (χ2v) is 17.2. The van der Waals surface area contributed by atoms with Crippen LogP contribution in [0.5, 0.6) is 11.6 Å². The molecule has 0 spiro atoms. The molecule has 3 aromatic rings.